The van der Waals surface area contributed by atoms with Crippen molar-refractivity contribution in [3.8, 4) is 5.75 Å². The molecule has 0 fully saturated rings. The number of nitrogens with two attached hydrogens (primary N) is 1. The summed E-state index contributed by atoms with van der Waals surface area (Å²) in [5, 5.41) is 10.9. The predicted octanol–water partition coefficient (Wildman–Crippen LogP) is 3.37. The van der Waals surface area contributed by atoms with Crippen LogP contribution in [0, 0.1) is 0 Å². The molecule has 160 valence electrons. The minimum absolute atomic E-state index is 0.0970. The lowest BCUT2D eigenvalue weighted by molar-refractivity contribution is -0.136. The number of benzene rings is 2. The third kappa shape index (κ3) is 4.89. The third-order valence-corrected chi connectivity index (χ3v) is 5.92. The Morgan fingerprint density at radius 3 is 2.57 bits per heavy atom. The number of halogens is 2. The number of phenols is 1. The number of amides is 2. The van der Waals surface area contributed by atoms with E-state index in [1.807, 2.05) is 17.9 Å². The van der Waals surface area contributed by atoms with Crippen molar-refractivity contribution in [2.45, 2.75) is 25.8 Å². The Bertz CT molecular complexity index is 931. The molecule has 0 spiro atoms. The molecule has 2 aromatic rings. The summed E-state index contributed by atoms with van der Waals surface area (Å²) in [6, 6.07) is 10.2. The highest BCUT2D eigenvalue weighted by Gasteiger charge is 2.33. The lowest BCUT2D eigenvalue weighted by Crippen LogP contribution is -2.47. The van der Waals surface area contributed by atoms with E-state index in [2.05, 4.69) is 0 Å². The van der Waals surface area contributed by atoms with Gasteiger partial charge in [0.2, 0.25) is 11.8 Å². The fourth-order valence-corrected chi connectivity index (χ4v) is 4.57. The van der Waals surface area contributed by atoms with Crippen LogP contribution in [0.25, 0.3) is 0 Å². The van der Waals surface area contributed by atoms with Gasteiger partial charge in [0.1, 0.15) is 5.75 Å². The maximum absolute atomic E-state index is 13.0. The Labute approximate surface area is 186 Å². The van der Waals surface area contributed by atoms with Gasteiger partial charge in [0.25, 0.3) is 0 Å². The third-order valence-electron chi connectivity index (χ3n) is 5.26. The molecule has 0 saturated heterocycles. The molecule has 8 heteroatoms. The van der Waals surface area contributed by atoms with Gasteiger partial charge in [-0.2, -0.15) is 0 Å². The molecule has 0 aromatic heterocycles. The van der Waals surface area contributed by atoms with Crippen LogP contribution in [0.4, 0.5) is 0 Å². The van der Waals surface area contributed by atoms with Crippen LogP contribution in [-0.2, 0) is 16.0 Å². The van der Waals surface area contributed by atoms with Crippen LogP contribution >= 0.6 is 23.2 Å². The molecule has 0 radical (unpaired) electrons. The fourth-order valence-electron chi connectivity index (χ4n) is 3.97. The van der Waals surface area contributed by atoms with E-state index in [9.17, 15) is 14.7 Å². The van der Waals surface area contributed by atoms with Crippen molar-refractivity contribution < 1.29 is 14.7 Å². The number of fused-ring (bicyclic) bond motifs is 1. The van der Waals surface area contributed by atoms with E-state index < -0.39 is 5.91 Å². The molecule has 30 heavy (non-hydrogen) atoms. The van der Waals surface area contributed by atoms with Crippen LogP contribution in [-0.4, -0.2) is 52.9 Å². The van der Waals surface area contributed by atoms with Gasteiger partial charge >= 0.3 is 0 Å². The fraction of sp³-hybridized carbons (Fsp3) is 0.364. The van der Waals surface area contributed by atoms with Crippen molar-refractivity contribution in [1.82, 2.24) is 9.80 Å². The van der Waals surface area contributed by atoms with Crippen LogP contribution in [0.1, 0.15) is 36.1 Å². The van der Waals surface area contributed by atoms with Gasteiger partial charge in [-0.3, -0.25) is 14.5 Å². The van der Waals surface area contributed by atoms with Crippen molar-refractivity contribution >= 4 is 35.0 Å². The van der Waals surface area contributed by atoms with Crippen molar-refractivity contribution in [3.63, 3.8) is 0 Å². The molecule has 2 aromatic carbocycles. The number of nitrogens with zero attached hydrogens (tertiary/aromatic N) is 2. The number of aromatic hydroxyl groups is 1. The lowest BCUT2D eigenvalue weighted by atomic mass is 9.87. The summed E-state index contributed by atoms with van der Waals surface area (Å²) in [6.07, 6.45) is 1.39. The molecule has 1 unspecified atom stereocenters. The second kappa shape index (κ2) is 9.69. The van der Waals surface area contributed by atoms with Gasteiger partial charge in [-0.25, -0.2) is 0 Å². The van der Waals surface area contributed by atoms with Gasteiger partial charge in [0.15, 0.2) is 0 Å². The zero-order valence-electron chi connectivity index (χ0n) is 16.8. The van der Waals surface area contributed by atoms with Gasteiger partial charge in [-0.1, -0.05) is 42.3 Å². The van der Waals surface area contributed by atoms with Gasteiger partial charge < -0.3 is 15.7 Å². The average Bonchev–Trinajstić information content (AvgIpc) is 2.68. The molecule has 1 atom stereocenters. The average molecular weight is 450 g/mol. The number of rotatable bonds is 7. The first-order chi connectivity index (χ1) is 14.3. The summed E-state index contributed by atoms with van der Waals surface area (Å²) >= 11 is 13.1. The Balaban J connectivity index is 1.99. The normalized spacial score (nSPS) is 16.2. The van der Waals surface area contributed by atoms with Crippen molar-refractivity contribution in [2.75, 3.05) is 26.2 Å². The zero-order valence-corrected chi connectivity index (χ0v) is 18.3. The maximum atomic E-state index is 13.0. The minimum atomic E-state index is -0.540. The monoisotopic (exact) mass is 449 g/mol. The molecule has 3 rings (SSSR count). The Kier molecular flexibility index (Phi) is 7.23. The summed E-state index contributed by atoms with van der Waals surface area (Å²) in [7, 11) is 0. The molecule has 2 amide bonds. The molecule has 0 saturated carbocycles. The summed E-state index contributed by atoms with van der Waals surface area (Å²) < 4.78 is 0. The van der Waals surface area contributed by atoms with E-state index in [0.29, 0.717) is 29.6 Å². The second-order valence-electron chi connectivity index (χ2n) is 7.42. The van der Waals surface area contributed by atoms with E-state index in [4.69, 9.17) is 28.9 Å². The number of carbonyl (C=O) groups is 2. The Hall–Kier alpha value is -2.28. The standard InChI is InChI=1S/C22H25Cl2N3O3/c1-2-9-26(12-19(25)29)20(30)13-27-10-8-14-11-15(28)6-7-16(14)22(27)21-17(23)4-3-5-18(21)24/h3-7,11,22,28H,2,8-10,12-13H2,1H3,(H2,25,29). The molecular weight excluding hydrogens is 425 g/mol. The number of hydrogen-bond acceptors (Lipinski definition) is 4. The molecule has 1 heterocycles. The van der Waals surface area contributed by atoms with Gasteiger partial charge in [-0.05, 0) is 48.2 Å². The van der Waals surface area contributed by atoms with E-state index in [1.54, 1.807) is 30.3 Å². The van der Waals surface area contributed by atoms with Crippen molar-refractivity contribution in [3.05, 3.63) is 63.1 Å². The molecule has 6 nitrogen and oxygen atoms in total. The first-order valence-electron chi connectivity index (χ1n) is 9.87. The first-order valence-corrected chi connectivity index (χ1v) is 10.6. The van der Waals surface area contributed by atoms with Crippen LogP contribution in [0.3, 0.4) is 0 Å². The molecule has 1 aliphatic rings. The summed E-state index contributed by atoms with van der Waals surface area (Å²) in [6.45, 7) is 2.96. The van der Waals surface area contributed by atoms with Crippen LogP contribution in [0.5, 0.6) is 5.75 Å². The summed E-state index contributed by atoms with van der Waals surface area (Å²) in [5.41, 5.74) is 7.98. The highest BCUT2D eigenvalue weighted by atomic mass is 35.5. The Morgan fingerprint density at radius 1 is 1.23 bits per heavy atom. The van der Waals surface area contributed by atoms with E-state index in [1.165, 1.54) is 4.90 Å². The lowest BCUT2D eigenvalue weighted by Gasteiger charge is -2.39. The minimum Gasteiger partial charge on any atom is -0.508 e. The van der Waals surface area contributed by atoms with E-state index >= 15 is 0 Å². The smallest absolute Gasteiger partial charge is 0.237 e. The van der Waals surface area contributed by atoms with Gasteiger partial charge in [0.05, 0.1) is 19.1 Å². The van der Waals surface area contributed by atoms with Crippen molar-refractivity contribution in [1.29, 1.82) is 0 Å². The summed E-state index contributed by atoms with van der Waals surface area (Å²) in [5.74, 6) is -0.522. The van der Waals surface area contributed by atoms with Crippen LogP contribution < -0.4 is 5.73 Å². The quantitative estimate of drug-likeness (QED) is 0.677. The van der Waals surface area contributed by atoms with Gasteiger partial charge in [-0.15, -0.1) is 0 Å². The van der Waals surface area contributed by atoms with E-state index in [-0.39, 0.29) is 30.8 Å². The molecular formula is C22H25Cl2N3O3. The first kappa shape index (κ1) is 22.4. The number of phenolic OH excluding ortho intramolecular Hbond substituents is 1. The number of hydrogen-bond donors (Lipinski definition) is 2. The van der Waals surface area contributed by atoms with Crippen LogP contribution in [0.15, 0.2) is 36.4 Å². The topological polar surface area (TPSA) is 86.9 Å². The summed E-state index contributed by atoms with van der Waals surface area (Å²) in [4.78, 5) is 27.9. The number of primary amides is 1. The molecule has 3 N–H and O–H groups in total. The highest BCUT2D eigenvalue weighted by molar-refractivity contribution is 6.36. The van der Waals surface area contributed by atoms with Gasteiger partial charge in [0, 0.05) is 28.7 Å². The molecule has 1 aliphatic heterocycles. The van der Waals surface area contributed by atoms with E-state index in [0.717, 1.165) is 23.1 Å². The second-order valence-corrected chi connectivity index (χ2v) is 8.24. The highest BCUT2D eigenvalue weighted by Crippen LogP contribution is 2.42. The largest absolute Gasteiger partial charge is 0.508 e. The van der Waals surface area contributed by atoms with Crippen LogP contribution in [0.2, 0.25) is 10.0 Å². The predicted molar refractivity (Wildman–Crippen MR) is 118 cm³/mol. The SMILES string of the molecule is CCCN(CC(N)=O)C(=O)CN1CCc2cc(O)ccc2C1c1c(Cl)cccc1Cl. The molecule has 0 aliphatic carbocycles. The zero-order chi connectivity index (χ0) is 21.8. The number of carbonyl (C=O) groups excluding carboxylic acids is 2. The Morgan fingerprint density at radius 2 is 1.93 bits per heavy atom. The maximum Gasteiger partial charge on any atom is 0.237 e. The molecule has 0 bridgehead atoms. The van der Waals surface area contributed by atoms with Crippen molar-refractivity contribution in [2.24, 2.45) is 5.73 Å².